The Labute approximate surface area is 102 Å². The Kier molecular flexibility index (Phi) is 4.28. The molecule has 0 radical (unpaired) electrons. The van der Waals surface area contributed by atoms with Crippen LogP contribution in [0, 0.1) is 0 Å². The molecule has 0 fully saturated rings. The molecule has 0 amide bonds. The average molecular weight is 239 g/mol. The molecule has 1 heterocycles. The molecular formula is C12H21N3O2. The number of rotatable bonds is 4. The summed E-state index contributed by atoms with van der Waals surface area (Å²) in [6.07, 6.45) is 1.73. The Morgan fingerprint density at radius 3 is 2.71 bits per heavy atom. The Hall–Kier alpha value is -1.36. The van der Waals surface area contributed by atoms with Gasteiger partial charge in [0.05, 0.1) is 5.69 Å². The number of esters is 1. The standard InChI is InChI=1S/C12H21N3O2/c1-9(11(16)17-12(2,3)4)13-8-10-6-7-14-15(10)5/h6-7,9,13H,8H2,1-5H3. The molecule has 0 bridgehead atoms. The van der Waals surface area contributed by atoms with Crippen LogP contribution in [0.25, 0.3) is 0 Å². The molecule has 1 atom stereocenters. The predicted molar refractivity (Wildman–Crippen MR) is 65.4 cm³/mol. The summed E-state index contributed by atoms with van der Waals surface area (Å²) in [6.45, 7) is 7.97. The average Bonchev–Trinajstić information content (AvgIpc) is 2.57. The minimum absolute atomic E-state index is 0.236. The second kappa shape index (κ2) is 5.31. The van der Waals surface area contributed by atoms with Crippen molar-refractivity contribution < 1.29 is 9.53 Å². The lowest BCUT2D eigenvalue weighted by Gasteiger charge is -2.22. The van der Waals surface area contributed by atoms with E-state index in [0.29, 0.717) is 6.54 Å². The molecule has 0 saturated carbocycles. The van der Waals surface area contributed by atoms with E-state index >= 15 is 0 Å². The summed E-state index contributed by atoms with van der Waals surface area (Å²) in [5, 5.41) is 7.17. The van der Waals surface area contributed by atoms with Gasteiger partial charge in [0.2, 0.25) is 0 Å². The molecule has 17 heavy (non-hydrogen) atoms. The van der Waals surface area contributed by atoms with Gasteiger partial charge in [0.1, 0.15) is 11.6 Å². The lowest BCUT2D eigenvalue weighted by atomic mass is 10.2. The molecule has 5 heteroatoms. The van der Waals surface area contributed by atoms with E-state index in [-0.39, 0.29) is 12.0 Å². The highest BCUT2D eigenvalue weighted by molar-refractivity contribution is 5.75. The molecule has 0 spiro atoms. The van der Waals surface area contributed by atoms with Crippen molar-refractivity contribution in [3.05, 3.63) is 18.0 Å². The first-order valence-electron chi connectivity index (χ1n) is 5.73. The van der Waals surface area contributed by atoms with E-state index in [9.17, 15) is 4.79 Å². The van der Waals surface area contributed by atoms with Crippen molar-refractivity contribution in [2.24, 2.45) is 7.05 Å². The van der Waals surface area contributed by atoms with Crippen LogP contribution in [0.3, 0.4) is 0 Å². The monoisotopic (exact) mass is 239 g/mol. The summed E-state index contributed by atoms with van der Waals surface area (Å²) < 4.78 is 7.05. The summed E-state index contributed by atoms with van der Waals surface area (Å²) in [6, 6.07) is 1.58. The highest BCUT2D eigenvalue weighted by Crippen LogP contribution is 2.08. The first-order valence-corrected chi connectivity index (χ1v) is 5.73. The van der Waals surface area contributed by atoms with E-state index in [4.69, 9.17) is 4.74 Å². The van der Waals surface area contributed by atoms with Crippen molar-refractivity contribution in [3.8, 4) is 0 Å². The van der Waals surface area contributed by atoms with Gasteiger partial charge in [0.15, 0.2) is 0 Å². The Bertz CT molecular complexity index is 379. The topological polar surface area (TPSA) is 56.2 Å². The lowest BCUT2D eigenvalue weighted by Crippen LogP contribution is -2.39. The van der Waals surface area contributed by atoms with Crippen LogP contribution in [0.1, 0.15) is 33.4 Å². The maximum Gasteiger partial charge on any atom is 0.323 e. The molecule has 0 aliphatic heterocycles. The number of carbonyl (C=O) groups is 1. The zero-order valence-electron chi connectivity index (χ0n) is 11.2. The highest BCUT2D eigenvalue weighted by Gasteiger charge is 2.21. The number of hydrogen-bond donors (Lipinski definition) is 1. The van der Waals surface area contributed by atoms with Gasteiger partial charge in [-0.15, -0.1) is 0 Å². The zero-order chi connectivity index (χ0) is 13.1. The van der Waals surface area contributed by atoms with Gasteiger partial charge < -0.3 is 4.74 Å². The van der Waals surface area contributed by atoms with E-state index < -0.39 is 5.60 Å². The van der Waals surface area contributed by atoms with E-state index in [1.165, 1.54) is 0 Å². The van der Waals surface area contributed by atoms with Gasteiger partial charge in [-0.3, -0.25) is 14.8 Å². The third-order valence-corrected chi connectivity index (χ3v) is 2.27. The largest absolute Gasteiger partial charge is 0.459 e. The Morgan fingerprint density at radius 2 is 2.24 bits per heavy atom. The third kappa shape index (κ3) is 4.56. The first kappa shape index (κ1) is 13.7. The Balaban J connectivity index is 2.42. The van der Waals surface area contributed by atoms with Crippen molar-refractivity contribution in [2.75, 3.05) is 0 Å². The van der Waals surface area contributed by atoms with Gasteiger partial charge in [-0.2, -0.15) is 5.10 Å². The van der Waals surface area contributed by atoms with Crippen molar-refractivity contribution in [1.82, 2.24) is 15.1 Å². The van der Waals surface area contributed by atoms with Crippen LogP contribution in [0.15, 0.2) is 12.3 Å². The smallest absolute Gasteiger partial charge is 0.323 e. The second-order valence-corrected chi connectivity index (χ2v) is 5.08. The number of nitrogens with one attached hydrogen (secondary N) is 1. The number of aromatic nitrogens is 2. The lowest BCUT2D eigenvalue weighted by molar-refractivity contribution is -0.157. The summed E-state index contributed by atoms with van der Waals surface area (Å²) in [5.74, 6) is -0.236. The fraction of sp³-hybridized carbons (Fsp3) is 0.667. The molecule has 0 aliphatic rings. The van der Waals surface area contributed by atoms with Crippen LogP contribution >= 0.6 is 0 Å². The van der Waals surface area contributed by atoms with Crippen molar-refractivity contribution in [3.63, 3.8) is 0 Å². The fourth-order valence-electron chi connectivity index (χ4n) is 1.31. The van der Waals surface area contributed by atoms with Crippen molar-refractivity contribution in [2.45, 2.75) is 45.9 Å². The molecule has 1 rings (SSSR count). The van der Waals surface area contributed by atoms with Gasteiger partial charge in [-0.05, 0) is 33.8 Å². The Morgan fingerprint density at radius 1 is 1.59 bits per heavy atom. The molecule has 96 valence electrons. The van der Waals surface area contributed by atoms with E-state index in [1.54, 1.807) is 17.8 Å². The summed E-state index contributed by atoms with van der Waals surface area (Å²) in [5.41, 5.74) is 0.583. The maximum absolute atomic E-state index is 11.7. The SMILES string of the molecule is CC(NCc1ccnn1C)C(=O)OC(C)(C)C. The minimum Gasteiger partial charge on any atom is -0.459 e. The maximum atomic E-state index is 11.7. The third-order valence-electron chi connectivity index (χ3n) is 2.27. The summed E-state index contributed by atoms with van der Waals surface area (Å²) in [7, 11) is 1.87. The molecule has 1 aromatic heterocycles. The summed E-state index contributed by atoms with van der Waals surface area (Å²) >= 11 is 0. The molecule has 0 saturated heterocycles. The van der Waals surface area contributed by atoms with E-state index in [2.05, 4.69) is 10.4 Å². The van der Waals surface area contributed by atoms with Gasteiger partial charge in [-0.25, -0.2) is 0 Å². The van der Waals surface area contributed by atoms with E-state index in [1.807, 2.05) is 33.9 Å². The molecule has 1 unspecified atom stereocenters. The predicted octanol–water partition coefficient (Wildman–Crippen LogP) is 1.24. The van der Waals surface area contributed by atoms with Gasteiger partial charge in [-0.1, -0.05) is 0 Å². The van der Waals surface area contributed by atoms with Crippen LogP contribution < -0.4 is 5.32 Å². The molecule has 1 aromatic rings. The number of ether oxygens (including phenoxy) is 1. The van der Waals surface area contributed by atoms with E-state index in [0.717, 1.165) is 5.69 Å². The summed E-state index contributed by atoms with van der Waals surface area (Å²) in [4.78, 5) is 11.7. The first-order chi connectivity index (χ1) is 7.79. The van der Waals surface area contributed by atoms with Crippen molar-refractivity contribution in [1.29, 1.82) is 0 Å². The van der Waals surface area contributed by atoms with Crippen LogP contribution in [-0.2, 0) is 23.1 Å². The number of nitrogens with zero attached hydrogens (tertiary/aromatic N) is 2. The molecule has 5 nitrogen and oxygen atoms in total. The molecular weight excluding hydrogens is 218 g/mol. The second-order valence-electron chi connectivity index (χ2n) is 5.08. The van der Waals surface area contributed by atoms with Crippen LogP contribution in [-0.4, -0.2) is 27.4 Å². The zero-order valence-corrected chi connectivity index (χ0v) is 11.2. The van der Waals surface area contributed by atoms with Gasteiger partial charge in [0.25, 0.3) is 0 Å². The molecule has 1 N–H and O–H groups in total. The van der Waals surface area contributed by atoms with Crippen LogP contribution in [0.4, 0.5) is 0 Å². The number of hydrogen-bond acceptors (Lipinski definition) is 4. The van der Waals surface area contributed by atoms with Crippen LogP contribution in [0.2, 0.25) is 0 Å². The minimum atomic E-state index is -0.445. The highest BCUT2D eigenvalue weighted by atomic mass is 16.6. The van der Waals surface area contributed by atoms with Crippen molar-refractivity contribution >= 4 is 5.97 Å². The fourth-order valence-corrected chi connectivity index (χ4v) is 1.31. The normalized spacial score (nSPS) is 13.5. The number of carbonyl (C=O) groups excluding carboxylic acids is 1. The molecule has 0 aromatic carbocycles. The quantitative estimate of drug-likeness (QED) is 0.803. The van der Waals surface area contributed by atoms with Gasteiger partial charge in [0, 0.05) is 19.8 Å². The van der Waals surface area contributed by atoms with Gasteiger partial charge >= 0.3 is 5.97 Å². The molecule has 0 aliphatic carbocycles. The number of aryl methyl sites for hydroxylation is 1. The van der Waals surface area contributed by atoms with Crippen LogP contribution in [0.5, 0.6) is 0 Å².